The summed E-state index contributed by atoms with van der Waals surface area (Å²) in [6.45, 7) is 8.11. The first kappa shape index (κ1) is 17.5. The number of rotatable bonds is 5. The van der Waals surface area contributed by atoms with Gasteiger partial charge in [0.05, 0.1) is 20.6 Å². The molecule has 0 aliphatic rings. The van der Waals surface area contributed by atoms with Crippen LogP contribution in [0.3, 0.4) is 0 Å². The molecule has 0 saturated carbocycles. The zero-order chi connectivity index (χ0) is 15.1. The highest BCUT2D eigenvalue weighted by atomic mass is 16.5. The summed E-state index contributed by atoms with van der Waals surface area (Å²) < 4.78 is 9.20. The van der Waals surface area contributed by atoms with Crippen LogP contribution in [-0.4, -0.2) is 32.3 Å². The van der Waals surface area contributed by atoms with Crippen molar-refractivity contribution in [1.82, 2.24) is 5.32 Å². The number of amides is 1. The molecular formula is C14H25NO4. The Balaban J connectivity index is 4.68. The van der Waals surface area contributed by atoms with E-state index in [2.05, 4.69) is 14.8 Å². The van der Waals surface area contributed by atoms with Gasteiger partial charge in [-0.1, -0.05) is 39.8 Å². The van der Waals surface area contributed by atoms with Crippen LogP contribution in [0.5, 0.6) is 0 Å². The normalized spacial score (nSPS) is 14.8. The van der Waals surface area contributed by atoms with Gasteiger partial charge in [-0.2, -0.15) is 0 Å². The van der Waals surface area contributed by atoms with Gasteiger partial charge in [0.25, 0.3) is 0 Å². The molecule has 0 aromatic carbocycles. The quantitative estimate of drug-likeness (QED) is 0.616. The van der Waals surface area contributed by atoms with Crippen LogP contribution in [0.25, 0.3) is 0 Å². The van der Waals surface area contributed by atoms with Gasteiger partial charge in [-0.3, -0.25) is 4.79 Å². The third-order valence-electron chi connectivity index (χ3n) is 2.87. The number of hydrogen-bond acceptors (Lipinski definition) is 4. The molecule has 5 heteroatoms. The lowest BCUT2D eigenvalue weighted by Gasteiger charge is -2.34. The maximum atomic E-state index is 11.4. The van der Waals surface area contributed by atoms with E-state index >= 15 is 0 Å². The van der Waals surface area contributed by atoms with Gasteiger partial charge in [0, 0.05) is 6.04 Å². The Hall–Kier alpha value is -1.52. The van der Waals surface area contributed by atoms with E-state index in [4.69, 9.17) is 0 Å². The summed E-state index contributed by atoms with van der Waals surface area (Å²) in [5.41, 5.74) is -0.122. The lowest BCUT2D eigenvalue weighted by molar-refractivity contribution is -0.139. The largest absolute Gasteiger partial charge is 0.469 e. The highest BCUT2D eigenvalue weighted by molar-refractivity contribution is 5.70. The average Bonchev–Trinajstić information content (AvgIpc) is 2.33. The van der Waals surface area contributed by atoms with Crippen LogP contribution in [0.1, 0.15) is 34.1 Å². The molecule has 1 amide bonds. The van der Waals surface area contributed by atoms with E-state index in [9.17, 15) is 9.59 Å². The number of alkyl carbamates (subject to hydrolysis) is 1. The predicted octanol–water partition coefficient (Wildman–Crippen LogP) is 2.51. The van der Waals surface area contributed by atoms with Crippen molar-refractivity contribution in [3.05, 3.63) is 12.2 Å². The van der Waals surface area contributed by atoms with Crippen molar-refractivity contribution in [1.29, 1.82) is 0 Å². The van der Waals surface area contributed by atoms with Gasteiger partial charge >= 0.3 is 12.1 Å². The minimum atomic E-state index is -0.451. The van der Waals surface area contributed by atoms with Gasteiger partial charge < -0.3 is 14.8 Å². The predicted molar refractivity (Wildman–Crippen MR) is 73.7 cm³/mol. The molecule has 19 heavy (non-hydrogen) atoms. The molecule has 0 bridgehead atoms. The van der Waals surface area contributed by atoms with Crippen molar-refractivity contribution in [3.8, 4) is 0 Å². The molecule has 0 aliphatic heterocycles. The maximum Gasteiger partial charge on any atom is 0.407 e. The first-order valence-corrected chi connectivity index (χ1v) is 6.30. The van der Waals surface area contributed by atoms with E-state index in [0.717, 1.165) is 0 Å². The van der Waals surface area contributed by atoms with Gasteiger partial charge in [0.2, 0.25) is 0 Å². The highest BCUT2D eigenvalue weighted by Gasteiger charge is 2.30. The fourth-order valence-corrected chi connectivity index (χ4v) is 1.90. The Bertz CT molecular complexity index is 331. The van der Waals surface area contributed by atoms with Crippen LogP contribution < -0.4 is 5.32 Å². The molecule has 0 heterocycles. The Morgan fingerprint density at radius 2 is 1.79 bits per heavy atom. The molecular weight excluding hydrogens is 246 g/mol. The molecule has 0 saturated heterocycles. The molecule has 0 spiro atoms. The molecule has 0 rings (SSSR count). The summed E-state index contributed by atoms with van der Waals surface area (Å²) >= 11 is 0. The van der Waals surface area contributed by atoms with E-state index in [0.29, 0.717) is 0 Å². The molecule has 110 valence electrons. The standard InChI is InChI=1S/C14H25NO4/c1-10(8-7-9-11(16)18-5)12(14(2,3)4)15-13(17)19-6/h7-8,10,12H,9H2,1-6H3,(H,15,17)/b8-7+/t10-,12+/m1/s1. The third-order valence-corrected chi connectivity index (χ3v) is 2.87. The second kappa shape index (κ2) is 7.81. The van der Waals surface area contributed by atoms with Crippen LogP contribution in [0.15, 0.2) is 12.2 Å². The fourth-order valence-electron chi connectivity index (χ4n) is 1.90. The number of esters is 1. The molecule has 0 radical (unpaired) electrons. The lowest BCUT2D eigenvalue weighted by Crippen LogP contribution is -2.47. The first-order valence-electron chi connectivity index (χ1n) is 6.30. The average molecular weight is 271 g/mol. The summed E-state index contributed by atoms with van der Waals surface area (Å²) in [6.07, 6.45) is 3.44. The molecule has 2 atom stereocenters. The summed E-state index contributed by atoms with van der Waals surface area (Å²) in [5.74, 6) is -0.208. The van der Waals surface area contributed by atoms with Crippen LogP contribution in [0, 0.1) is 11.3 Å². The van der Waals surface area contributed by atoms with E-state index in [-0.39, 0.29) is 29.8 Å². The van der Waals surface area contributed by atoms with Crippen LogP contribution in [0.4, 0.5) is 4.79 Å². The highest BCUT2D eigenvalue weighted by Crippen LogP contribution is 2.26. The van der Waals surface area contributed by atoms with E-state index in [1.807, 2.05) is 33.8 Å². The molecule has 5 nitrogen and oxygen atoms in total. The number of nitrogens with one attached hydrogen (secondary N) is 1. The van der Waals surface area contributed by atoms with Gasteiger partial charge in [-0.05, 0) is 11.3 Å². The summed E-state index contributed by atoms with van der Waals surface area (Å²) in [6, 6.07) is -0.0890. The molecule has 1 N–H and O–H groups in total. The minimum Gasteiger partial charge on any atom is -0.469 e. The topological polar surface area (TPSA) is 64.6 Å². The van der Waals surface area contributed by atoms with Gasteiger partial charge in [-0.25, -0.2) is 4.79 Å². The van der Waals surface area contributed by atoms with Crippen LogP contribution in [0.2, 0.25) is 0 Å². The Morgan fingerprint density at radius 1 is 1.21 bits per heavy atom. The van der Waals surface area contributed by atoms with Crippen molar-refractivity contribution in [2.24, 2.45) is 11.3 Å². The van der Waals surface area contributed by atoms with Crippen molar-refractivity contribution >= 4 is 12.1 Å². The molecule has 0 aromatic rings. The Morgan fingerprint density at radius 3 is 2.21 bits per heavy atom. The maximum absolute atomic E-state index is 11.4. The minimum absolute atomic E-state index is 0.0729. The van der Waals surface area contributed by atoms with Crippen molar-refractivity contribution in [2.45, 2.75) is 40.2 Å². The second-order valence-corrected chi connectivity index (χ2v) is 5.55. The smallest absolute Gasteiger partial charge is 0.407 e. The number of ether oxygens (including phenoxy) is 2. The molecule has 0 aliphatic carbocycles. The number of carbonyl (C=O) groups excluding carboxylic acids is 2. The zero-order valence-corrected chi connectivity index (χ0v) is 12.6. The summed E-state index contributed by atoms with van der Waals surface area (Å²) in [4.78, 5) is 22.4. The summed E-state index contributed by atoms with van der Waals surface area (Å²) in [7, 11) is 2.70. The number of methoxy groups -OCH3 is 2. The first-order chi connectivity index (χ1) is 8.72. The number of hydrogen-bond donors (Lipinski definition) is 1. The molecule has 0 aromatic heterocycles. The Labute approximate surface area is 115 Å². The molecule has 0 fully saturated rings. The van der Waals surface area contributed by atoms with Gasteiger partial charge in [0.15, 0.2) is 0 Å². The van der Waals surface area contributed by atoms with E-state index in [1.54, 1.807) is 6.08 Å². The Kier molecular flexibility index (Phi) is 7.19. The van der Waals surface area contributed by atoms with Crippen molar-refractivity contribution in [3.63, 3.8) is 0 Å². The SMILES string of the molecule is COC(=O)C/C=C/[C@@H](C)[C@H](NC(=O)OC)C(C)(C)C. The van der Waals surface area contributed by atoms with Crippen molar-refractivity contribution < 1.29 is 19.1 Å². The van der Waals surface area contributed by atoms with Crippen molar-refractivity contribution in [2.75, 3.05) is 14.2 Å². The third kappa shape index (κ3) is 6.84. The monoisotopic (exact) mass is 271 g/mol. The van der Waals surface area contributed by atoms with Gasteiger partial charge in [0.1, 0.15) is 0 Å². The van der Waals surface area contributed by atoms with Crippen LogP contribution >= 0.6 is 0 Å². The summed E-state index contributed by atoms with van der Waals surface area (Å²) in [5, 5.41) is 2.83. The zero-order valence-electron chi connectivity index (χ0n) is 12.6. The number of carbonyl (C=O) groups is 2. The van der Waals surface area contributed by atoms with E-state index < -0.39 is 6.09 Å². The van der Waals surface area contributed by atoms with Gasteiger partial charge in [-0.15, -0.1) is 0 Å². The molecule has 0 unspecified atom stereocenters. The van der Waals surface area contributed by atoms with Crippen LogP contribution in [-0.2, 0) is 14.3 Å². The fraction of sp³-hybridized carbons (Fsp3) is 0.714. The lowest BCUT2D eigenvalue weighted by atomic mass is 9.79. The van der Waals surface area contributed by atoms with E-state index in [1.165, 1.54) is 14.2 Å². The second-order valence-electron chi connectivity index (χ2n) is 5.55.